The van der Waals surface area contributed by atoms with Crippen LogP contribution in [0.4, 0.5) is 0 Å². The van der Waals surface area contributed by atoms with Crippen LogP contribution in [0.1, 0.15) is 45.1 Å². The van der Waals surface area contributed by atoms with E-state index >= 15 is 0 Å². The van der Waals surface area contributed by atoms with Gasteiger partial charge in [0.2, 0.25) is 11.8 Å². The van der Waals surface area contributed by atoms with Crippen LogP contribution in [-0.4, -0.2) is 41.9 Å². The van der Waals surface area contributed by atoms with E-state index in [1.54, 1.807) is 0 Å². The summed E-state index contributed by atoms with van der Waals surface area (Å²) in [6.45, 7) is 5.73. The van der Waals surface area contributed by atoms with Crippen LogP contribution in [0.3, 0.4) is 0 Å². The summed E-state index contributed by atoms with van der Waals surface area (Å²) < 4.78 is 0. The molecule has 1 aliphatic heterocycles. The van der Waals surface area contributed by atoms with Crippen molar-refractivity contribution in [2.24, 2.45) is 5.41 Å². The number of amides is 2. The molecule has 0 aromatic heterocycles. The molecule has 1 heterocycles. The summed E-state index contributed by atoms with van der Waals surface area (Å²) in [5.41, 5.74) is 1.67. The van der Waals surface area contributed by atoms with Gasteiger partial charge in [-0.1, -0.05) is 36.8 Å². The lowest BCUT2D eigenvalue weighted by molar-refractivity contribution is -0.127. The van der Waals surface area contributed by atoms with Crippen molar-refractivity contribution in [3.8, 4) is 0 Å². The zero-order valence-electron chi connectivity index (χ0n) is 15.3. The summed E-state index contributed by atoms with van der Waals surface area (Å²) in [5.74, 6) is -0.268. The van der Waals surface area contributed by atoms with Crippen LogP contribution in [0.25, 0.3) is 0 Å². The number of carbonyl (C=O) groups excluding carboxylic acids is 2. The molecule has 2 amide bonds. The standard InChI is InChI=1S/C20H29N3O2/c1-15-18(22-19(25)12-21-16(2)24)11-20(9-6-10-20)14-23(15)13-17-7-4-3-5-8-17/h3-5,7-8,15,18H,6,9-14H2,1-2H3,(H,21,24)(H,22,25)/t15-,18+/m1/s1. The van der Waals surface area contributed by atoms with Gasteiger partial charge in [-0.3, -0.25) is 14.5 Å². The molecule has 0 unspecified atom stereocenters. The SMILES string of the molecule is CC(=O)NCC(=O)N[C@H]1CC2(CCC2)CN(Cc2ccccc2)[C@@H]1C. The number of nitrogens with zero attached hydrogens (tertiary/aromatic N) is 1. The largest absolute Gasteiger partial charge is 0.350 e. The van der Waals surface area contributed by atoms with Gasteiger partial charge >= 0.3 is 0 Å². The second kappa shape index (κ2) is 7.56. The van der Waals surface area contributed by atoms with E-state index in [2.05, 4.69) is 46.7 Å². The van der Waals surface area contributed by atoms with Gasteiger partial charge in [0.25, 0.3) is 0 Å². The van der Waals surface area contributed by atoms with Gasteiger partial charge in [-0.25, -0.2) is 0 Å². The van der Waals surface area contributed by atoms with Crippen molar-refractivity contribution in [2.45, 2.75) is 58.2 Å². The van der Waals surface area contributed by atoms with Gasteiger partial charge in [-0.15, -0.1) is 0 Å². The minimum absolute atomic E-state index is 0.0598. The molecule has 2 atom stereocenters. The molecule has 1 spiro atoms. The van der Waals surface area contributed by atoms with Gasteiger partial charge in [-0.2, -0.15) is 0 Å². The highest BCUT2D eigenvalue weighted by Gasteiger charge is 2.46. The van der Waals surface area contributed by atoms with Crippen molar-refractivity contribution in [3.05, 3.63) is 35.9 Å². The zero-order chi connectivity index (χ0) is 17.9. The van der Waals surface area contributed by atoms with E-state index in [0.717, 1.165) is 19.5 Å². The second-order valence-corrected chi connectivity index (χ2v) is 7.77. The lowest BCUT2D eigenvalue weighted by atomic mass is 9.62. The van der Waals surface area contributed by atoms with Crippen LogP contribution in [0.5, 0.6) is 0 Å². The zero-order valence-corrected chi connectivity index (χ0v) is 15.3. The number of nitrogens with one attached hydrogen (secondary N) is 2. The highest BCUT2D eigenvalue weighted by atomic mass is 16.2. The molecule has 2 fully saturated rings. The normalized spacial score (nSPS) is 25.2. The topological polar surface area (TPSA) is 61.4 Å². The molecule has 136 valence electrons. The Balaban J connectivity index is 1.67. The number of likely N-dealkylation sites (tertiary alicyclic amines) is 1. The first-order chi connectivity index (χ1) is 12.0. The van der Waals surface area contributed by atoms with Gasteiger partial charge in [-0.05, 0) is 37.2 Å². The van der Waals surface area contributed by atoms with Crippen LogP contribution in [-0.2, 0) is 16.1 Å². The minimum Gasteiger partial charge on any atom is -0.350 e. The Labute approximate surface area is 150 Å². The molecule has 5 nitrogen and oxygen atoms in total. The van der Waals surface area contributed by atoms with E-state index in [-0.39, 0.29) is 30.4 Å². The summed E-state index contributed by atoms with van der Waals surface area (Å²) in [6.07, 6.45) is 4.84. The van der Waals surface area contributed by atoms with E-state index in [0.29, 0.717) is 5.41 Å². The fraction of sp³-hybridized carbons (Fsp3) is 0.600. The molecule has 3 rings (SSSR count). The fourth-order valence-electron chi connectivity index (χ4n) is 4.22. The number of hydrogen-bond acceptors (Lipinski definition) is 3. The third kappa shape index (κ3) is 4.40. The van der Waals surface area contributed by atoms with Gasteiger partial charge < -0.3 is 10.6 Å². The molecule has 1 aromatic carbocycles. The van der Waals surface area contributed by atoms with Crippen LogP contribution >= 0.6 is 0 Å². The molecular weight excluding hydrogens is 314 g/mol. The first kappa shape index (κ1) is 17.9. The number of piperidine rings is 1. The van der Waals surface area contributed by atoms with E-state index in [4.69, 9.17) is 0 Å². The number of hydrogen-bond donors (Lipinski definition) is 2. The van der Waals surface area contributed by atoms with E-state index in [1.807, 2.05) is 6.07 Å². The van der Waals surface area contributed by atoms with E-state index < -0.39 is 0 Å². The summed E-state index contributed by atoms with van der Waals surface area (Å²) in [7, 11) is 0. The van der Waals surface area contributed by atoms with Crippen molar-refractivity contribution in [2.75, 3.05) is 13.1 Å². The Morgan fingerprint density at radius 1 is 1.24 bits per heavy atom. The first-order valence-corrected chi connectivity index (χ1v) is 9.29. The average molecular weight is 343 g/mol. The quantitative estimate of drug-likeness (QED) is 0.860. The van der Waals surface area contributed by atoms with E-state index in [1.165, 1.54) is 31.7 Å². The Morgan fingerprint density at radius 2 is 1.96 bits per heavy atom. The van der Waals surface area contributed by atoms with E-state index in [9.17, 15) is 9.59 Å². The smallest absolute Gasteiger partial charge is 0.239 e. The fourth-order valence-corrected chi connectivity index (χ4v) is 4.22. The number of rotatable bonds is 5. The van der Waals surface area contributed by atoms with Crippen molar-refractivity contribution in [1.82, 2.24) is 15.5 Å². The summed E-state index contributed by atoms with van der Waals surface area (Å²) >= 11 is 0. The second-order valence-electron chi connectivity index (χ2n) is 7.77. The molecule has 25 heavy (non-hydrogen) atoms. The van der Waals surface area contributed by atoms with Crippen LogP contribution in [0.15, 0.2) is 30.3 Å². The van der Waals surface area contributed by atoms with Crippen LogP contribution in [0.2, 0.25) is 0 Å². The monoisotopic (exact) mass is 343 g/mol. The predicted molar refractivity (Wildman–Crippen MR) is 97.8 cm³/mol. The molecule has 1 aromatic rings. The Morgan fingerprint density at radius 3 is 2.56 bits per heavy atom. The Bertz CT molecular complexity index is 613. The lowest BCUT2D eigenvalue weighted by Crippen LogP contribution is -2.61. The Kier molecular flexibility index (Phi) is 5.42. The molecule has 0 bridgehead atoms. The molecule has 2 N–H and O–H groups in total. The highest BCUT2D eigenvalue weighted by Crippen LogP contribution is 2.48. The lowest BCUT2D eigenvalue weighted by Gasteiger charge is -2.54. The molecule has 1 aliphatic carbocycles. The van der Waals surface area contributed by atoms with Crippen LogP contribution in [0, 0.1) is 5.41 Å². The van der Waals surface area contributed by atoms with Crippen LogP contribution < -0.4 is 10.6 Å². The van der Waals surface area contributed by atoms with Gasteiger partial charge in [0.15, 0.2) is 0 Å². The summed E-state index contributed by atoms with van der Waals surface area (Å²) in [6, 6.07) is 11.0. The van der Waals surface area contributed by atoms with Crippen molar-refractivity contribution < 1.29 is 9.59 Å². The summed E-state index contributed by atoms with van der Waals surface area (Å²) in [4.78, 5) is 25.7. The maximum Gasteiger partial charge on any atom is 0.239 e. The molecule has 5 heteroatoms. The number of benzene rings is 1. The molecule has 1 saturated carbocycles. The maximum atomic E-state index is 12.2. The third-order valence-corrected chi connectivity index (χ3v) is 5.84. The number of carbonyl (C=O) groups is 2. The van der Waals surface area contributed by atoms with Gasteiger partial charge in [0.05, 0.1) is 6.54 Å². The predicted octanol–water partition coefficient (Wildman–Crippen LogP) is 2.07. The van der Waals surface area contributed by atoms with Crippen molar-refractivity contribution in [1.29, 1.82) is 0 Å². The maximum absolute atomic E-state index is 12.2. The summed E-state index contributed by atoms with van der Waals surface area (Å²) in [5, 5.41) is 5.75. The Hall–Kier alpha value is -1.88. The average Bonchev–Trinajstić information content (AvgIpc) is 2.56. The van der Waals surface area contributed by atoms with Gasteiger partial charge in [0, 0.05) is 32.1 Å². The minimum atomic E-state index is -0.173. The van der Waals surface area contributed by atoms with Gasteiger partial charge in [0.1, 0.15) is 0 Å². The molecule has 2 aliphatic rings. The molecular formula is C20H29N3O2. The van der Waals surface area contributed by atoms with Crippen molar-refractivity contribution in [3.63, 3.8) is 0 Å². The van der Waals surface area contributed by atoms with Crippen molar-refractivity contribution >= 4 is 11.8 Å². The first-order valence-electron chi connectivity index (χ1n) is 9.29. The molecule has 1 saturated heterocycles. The highest BCUT2D eigenvalue weighted by molar-refractivity contribution is 5.83. The third-order valence-electron chi connectivity index (χ3n) is 5.84. The molecule has 0 radical (unpaired) electrons.